The van der Waals surface area contributed by atoms with Gasteiger partial charge < -0.3 is 21.7 Å². The molecule has 0 aliphatic heterocycles. The summed E-state index contributed by atoms with van der Waals surface area (Å²) in [4.78, 5) is 60.8. The second-order valence-electron chi connectivity index (χ2n) is 9.06. The van der Waals surface area contributed by atoms with E-state index in [-0.39, 0.29) is 36.9 Å². The highest BCUT2D eigenvalue weighted by Crippen LogP contribution is 2.19. The zero-order chi connectivity index (χ0) is 25.1. The number of nitrogens with one attached hydrogen (secondary N) is 3. The van der Waals surface area contributed by atoms with Gasteiger partial charge in [-0.15, -0.1) is 0 Å². The van der Waals surface area contributed by atoms with E-state index in [9.17, 15) is 24.0 Å². The van der Waals surface area contributed by atoms with E-state index in [0.717, 1.165) is 0 Å². The van der Waals surface area contributed by atoms with Crippen molar-refractivity contribution in [3.8, 4) is 0 Å². The van der Waals surface area contributed by atoms with Crippen molar-refractivity contribution in [3.63, 3.8) is 0 Å². The molecule has 0 aromatic heterocycles. The Morgan fingerprint density at radius 2 is 1.62 bits per heavy atom. The Kier molecular flexibility index (Phi) is 13.0. The number of alkyl halides is 1. The Labute approximate surface area is 198 Å². The summed E-state index contributed by atoms with van der Waals surface area (Å²) in [6.45, 7) is 12.7. The topological polar surface area (TPSA) is 147 Å². The third kappa shape index (κ3) is 11.4. The van der Waals surface area contributed by atoms with E-state index in [1.807, 2.05) is 0 Å². The van der Waals surface area contributed by atoms with Crippen LogP contribution in [0.25, 0.3) is 0 Å². The van der Waals surface area contributed by atoms with Gasteiger partial charge in [-0.25, -0.2) is 4.79 Å². The summed E-state index contributed by atoms with van der Waals surface area (Å²) in [7, 11) is 0. The predicted molar refractivity (Wildman–Crippen MR) is 127 cm³/mol. The Hall–Kier alpha value is -2.23. The molecule has 0 aliphatic carbocycles. The minimum Gasteiger partial charge on any atom is -0.352 e. The van der Waals surface area contributed by atoms with Gasteiger partial charge in [0, 0.05) is 30.1 Å². The number of hydrogen-bond donors (Lipinski definition) is 4. The largest absolute Gasteiger partial charge is 0.352 e. The van der Waals surface area contributed by atoms with Crippen LogP contribution in [0.3, 0.4) is 0 Å². The highest BCUT2D eigenvalue weighted by Gasteiger charge is 2.33. The van der Waals surface area contributed by atoms with Gasteiger partial charge in [0.25, 0.3) is 0 Å². The molecular weight excluding hydrogens is 480 g/mol. The van der Waals surface area contributed by atoms with Gasteiger partial charge in [-0.05, 0) is 24.3 Å². The minimum atomic E-state index is -0.865. The number of nitrogens with two attached hydrogens (primary N) is 1. The van der Waals surface area contributed by atoms with Crippen molar-refractivity contribution in [1.29, 1.82) is 0 Å². The summed E-state index contributed by atoms with van der Waals surface area (Å²) in [5.41, 5.74) is 4.74. The van der Waals surface area contributed by atoms with Gasteiger partial charge in [-0.1, -0.05) is 57.1 Å². The standard InChI is InChI=1S/C22H37BrN4O5/c1-13(2)18(27-17(29)10-9-16(28)14(3)12-23)20(31)26-15(19(30)22(4,5)6)8-7-11-25-21(24)32/h13,15,18H,3,7-12H2,1-2,4-6H3,(H,26,31)(H,27,29)(H3,24,25,32)/t15-,18-/m0/s1. The van der Waals surface area contributed by atoms with Crippen molar-refractivity contribution in [1.82, 2.24) is 16.0 Å². The van der Waals surface area contributed by atoms with Crippen LogP contribution in [-0.4, -0.2) is 53.4 Å². The summed E-state index contributed by atoms with van der Waals surface area (Å²) in [5, 5.41) is 8.21. The smallest absolute Gasteiger partial charge is 0.312 e. The number of primary amides is 1. The molecule has 9 nitrogen and oxygen atoms in total. The first-order valence-electron chi connectivity index (χ1n) is 10.6. The Morgan fingerprint density at radius 3 is 2.09 bits per heavy atom. The first-order valence-corrected chi connectivity index (χ1v) is 11.8. The maximum absolute atomic E-state index is 12.9. The number of hydrogen-bond acceptors (Lipinski definition) is 5. The van der Waals surface area contributed by atoms with Crippen molar-refractivity contribution >= 4 is 45.3 Å². The van der Waals surface area contributed by atoms with Crippen LogP contribution in [0.4, 0.5) is 4.79 Å². The van der Waals surface area contributed by atoms with Gasteiger partial charge in [-0.3, -0.25) is 19.2 Å². The fraction of sp³-hybridized carbons (Fsp3) is 0.682. The van der Waals surface area contributed by atoms with Crippen molar-refractivity contribution in [2.75, 3.05) is 11.9 Å². The molecule has 182 valence electrons. The van der Waals surface area contributed by atoms with Gasteiger partial charge in [-0.2, -0.15) is 0 Å². The molecule has 0 fully saturated rings. The number of rotatable bonds is 14. The van der Waals surface area contributed by atoms with Crippen molar-refractivity contribution < 1.29 is 24.0 Å². The second-order valence-corrected chi connectivity index (χ2v) is 9.62. The zero-order valence-electron chi connectivity index (χ0n) is 19.7. The van der Waals surface area contributed by atoms with E-state index < -0.39 is 35.3 Å². The molecule has 5 N–H and O–H groups in total. The van der Waals surface area contributed by atoms with E-state index in [1.165, 1.54) is 0 Å². The van der Waals surface area contributed by atoms with Crippen molar-refractivity contribution in [3.05, 3.63) is 12.2 Å². The van der Waals surface area contributed by atoms with E-state index in [4.69, 9.17) is 5.73 Å². The number of allylic oxidation sites excluding steroid dienone is 1. The number of carbonyl (C=O) groups is 5. The Balaban J connectivity index is 5.16. The molecule has 0 aromatic carbocycles. The molecule has 32 heavy (non-hydrogen) atoms. The number of carbonyl (C=O) groups excluding carboxylic acids is 5. The summed E-state index contributed by atoms with van der Waals surface area (Å²) < 4.78 is 0. The minimum absolute atomic E-state index is 0.000694. The molecule has 0 heterocycles. The predicted octanol–water partition coefficient (Wildman–Crippen LogP) is 1.98. The van der Waals surface area contributed by atoms with Crippen LogP contribution >= 0.6 is 15.9 Å². The molecule has 2 atom stereocenters. The van der Waals surface area contributed by atoms with E-state index in [1.54, 1.807) is 34.6 Å². The SMILES string of the molecule is C=C(CBr)C(=O)CCC(=O)N[C@H](C(=O)N[C@@H](CCCNC(N)=O)C(=O)C(C)(C)C)C(C)C. The molecule has 0 rings (SSSR count). The van der Waals surface area contributed by atoms with Crippen LogP contribution in [0.1, 0.15) is 60.3 Å². The maximum atomic E-state index is 12.9. The lowest BCUT2D eigenvalue weighted by atomic mass is 9.84. The van der Waals surface area contributed by atoms with Crippen LogP contribution < -0.4 is 21.7 Å². The monoisotopic (exact) mass is 516 g/mol. The lowest BCUT2D eigenvalue weighted by Crippen LogP contribution is -2.55. The highest BCUT2D eigenvalue weighted by molar-refractivity contribution is 9.09. The molecule has 10 heteroatoms. The highest BCUT2D eigenvalue weighted by atomic mass is 79.9. The summed E-state index contributed by atoms with van der Waals surface area (Å²) in [6.07, 6.45) is 0.684. The second kappa shape index (κ2) is 14.0. The lowest BCUT2D eigenvalue weighted by Gasteiger charge is -2.28. The fourth-order valence-corrected chi connectivity index (χ4v) is 3.14. The van der Waals surface area contributed by atoms with Gasteiger partial charge >= 0.3 is 6.03 Å². The quantitative estimate of drug-likeness (QED) is 0.158. The van der Waals surface area contributed by atoms with Crippen molar-refractivity contribution in [2.45, 2.75) is 72.4 Å². The first kappa shape index (κ1) is 29.8. The lowest BCUT2D eigenvalue weighted by molar-refractivity contribution is -0.135. The summed E-state index contributed by atoms with van der Waals surface area (Å²) in [6, 6.07) is -2.30. The van der Waals surface area contributed by atoms with Crippen LogP contribution in [0, 0.1) is 11.3 Å². The Morgan fingerprint density at radius 1 is 1.03 bits per heavy atom. The van der Waals surface area contributed by atoms with E-state index in [2.05, 4.69) is 38.5 Å². The van der Waals surface area contributed by atoms with Crippen LogP contribution in [-0.2, 0) is 19.2 Å². The fourth-order valence-electron chi connectivity index (χ4n) is 2.83. The summed E-state index contributed by atoms with van der Waals surface area (Å²) >= 11 is 3.15. The molecule has 4 amide bonds. The normalized spacial score (nSPS) is 13.1. The first-order chi connectivity index (χ1) is 14.7. The molecular formula is C22H37BrN4O5. The third-order valence-corrected chi connectivity index (χ3v) is 5.42. The van der Waals surface area contributed by atoms with Gasteiger partial charge in [0.15, 0.2) is 11.6 Å². The summed E-state index contributed by atoms with van der Waals surface area (Å²) in [5.74, 6) is -1.52. The molecule has 0 aliphatic rings. The molecule has 0 spiro atoms. The molecule has 0 bridgehead atoms. The molecule has 0 aromatic rings. The number of halogens is 1. The maximum Gasteiger partial charge on any atom is 0.312 e. The average molecular weight is 517 g/mol. The molecule has 0 saturated carbocycles. The van der Waals surface area contributed by atoms with Crippen LogP contribution in [0.2, 0.25) is 0 Å². The number of urea groups is 1. The number of amides is 4. The van der Waals surface area contributed by atoms with E-state index in [0.29, 0.717) is 23.7 Å². The van der Waals surface area contributed by atoms with Crippen LogP contribution in [0.5, 0.6) is 0 Å². The average Bonchev–Trinajstić information content (AvgIpc) is 2.69. The van der Waals surface area contributed by atoms with Crippen LogP contribution in [0.15, 0.2) is 12.2 Å². The molecule has 0 saturated heterocycles. The number of Topliss-reactive ketones (excluding diaryl/α,β-unsaturated/α-hetero) is 2. The zero-order valence-corrected chi connectivity index (χ0v) is 21.3. The van der Waals surface area contributed by atoms with Crippen molar-refractivity contribution in [2.24, 2.45) is 17.1 Å². The van der Waals surface area contributed by atoms with Gasteiger partial charge in [0.1, 0.15) is 6.04 Å². The van der Waals surface area contributed by atoms with E-state index >= 15 is 0 Å². The Bertz CT molecular complexity index is 716. The molecule has 0 radical (unpaired) electrons. The van der Waals surface area contributed by atoms with Gasteiger partial charge in [0.2, 0.25) is 11.8 Å². The molecule has 0 unspecified atom stereocenters. The number of ketones is 2. The third-order valence-electron chi connectivity index (χ3n) is 4.74. The van der Waals surface area contributed by atoms with Gasteiger partial charge in [0.05, 0.1) is 6.04 Å².